The molecule has 0 atom stereocenters. The molecule has 1 amide bonds. The number of thiophene rings is 1. The van der Waals surface area contributed by atoms with Crippen molar-refractivity contribution in [2.24, 2.45) is 0 Å². The van der Waals surface area contributed by atoms with E-state index >= 15 is 0 Å². The van der Waals surface area contributed by atoms with Gasteiger partial charge in [0.1, 0.15) is 17.2 Å². The number of carbonyl (C=O) groups is 1. The molecule has 3 rings (SSSR count). The molecule has 0 radical (unpaired) electrons. The van der Waals surface area contributed by atoms with Gasteiger partial charge in [0.25, 0.3) is 0 Å². The number of nitrogens with zero attached hydrogens (tertiary/aromatic N) is 4. The molecule has 8 heteroatoms. The number of piperazine rings is 1. The van der Waals surface area contributed by atoms with Gasteiger partial charge in [-0.2, -0.15) is 0 Å². The molecule has 0 aromatic carbocycles. The number of quaternary nitrogens is 1. The zero-order valence-electron chi connectivity index (χ0n) is 17.7. The largest absolute Gasteiger partial charge is 0.450 e. The first-order valence-electron chi connectivity index (χ1n) is 10.2. The summed E-state index contributed by atoms with van der Waals surface area (Å²) >= 11 is 1.75. The quantitative estimate of drug-likeness (QED) is 0.795. The third-order valence-corrected chi connectivity index (χ3v) is 6.67. The Morgan fingerprint density at radius 3 is 2.39 bits per heavy atom. The van der Waals surface area contributed by atoms with Crippen LogP contribution in [0.2, 0.25) is 0 Å². The lowest BCUT2D eigenvalue weighted by Gasteiger charge is -2.35. The van der Waals surface area contributed by atoms with Gasteiger partial charge in [-0.25, -0.2) is 14.8 Å². The molecule has 1 saturated heterocycles. The summed E-state index contributed by atoms with van der Waals surface area (Å²) < 4.78 is 5.14. The topological polar surface area (TPSA) is 63.0 Å². The lowest BCUT2D eigenvalue weighted by molar-refractivity contribution is -0.910. The maximum absolute atomic E-state index is 12.0. The Kier molecular flexibility index (Phi) is 6.72. The summed E-state index contributed by atoms with van der Waals surface area (Å²) in [6.07, 6.45) is -0.219. The van der Waals surface area contributed by atoms with E-state index in [4.69, 9.17) is 14.7 Å². The normalized spacial score (nSPS) is 14.9. The second-order valence-electron chi connectivity index (χ2n) is 7.23. The Balaban J connectivity index is 1.90. The van der Waals surface area contributed by atoms with Crippen molar-refractivity contribution in [3.05, 3.63) is 16.3 Å². The highest BCUT2D eigenvalue weighted by Gasteiger charge is 2.26. The van der Waals surface area contributed by atoms with Gasteiger partial charge in [0, 0.05) is 31.1 Å². The van der Waals surface area contributed by atoms with E-state index in [2.05, 4.69) is 32.6 Å². The first-order chi connectivity index (χ1) is 13.5. The maximum Gasteiger partial charge on any atom is 0.409 e. The van der Waals surface area contributed by atoms with E-state index < -0.39 is 0 Å². The average Bonchev–Trinajstić information content (AvgIpc) is 2.99. The molecule has 1 fully saturated rings. The molecule has 7 nitrogen and oxygen atoms in total. The fourth-order valence-corrected chi connectivity index (χ4v) is 4.66. The minimum atomic E-state index is -0.219. The Morgan fingerprint density at radius 2 is 1.79 bits per heavy atom. The standard InChI is InChI=1S/C20H31N5O2S/c1-6-23(7-2)13-16-21-18(17-14(4)15(5)28-19(17)22-16)24-9-11-25(12-10-24)20(26)27-8-3/h6-13H2,1-5H3/p+1. The van der Waals surface area contributed by atoms with Crippen LogP contribution in [-0.4, -0.2) is 66.8 Å². The van der Waals surface area contributed by atoms with Crippen LogP contribution in [0, 0.1) is 13.8 Å². The molecule has 0 bridgehead atoms. The number of amides is 1. The summed E-state index contributed by atoms with van der Waals surface area (Å²) in [6.45, 7) is 16.8. The predicted molar refractivity (Wildman–Crippen MR) is 113 cm³/mol. The van der Waals surface area contributed by atoms with Crippen LogP contribution >= 0.6 is 11.3 Å². The minimum absolute atomic E-state index is 0.219. The van der Waals surface area contributed by atoms with Crippen molar-refractivity contribution < 1.29 is 14.4 Å². The number of anilines is 1. The Morgan fingerprint density at radius 1 is 1.11 bits per heavy atom. The fourth-order valence-electron chi connectivity index (χ4n) is 3.62. The Labute approximate surface area is 171 Å². The molecule has 0 unspecified atom stereocenters. The van der Waals surface area contributed by atoms with Crippen LogP contribution in [0.25, 0.3) is 10.2 Å². The van der Waals surface area contributed by atoms with E-state index in [0.29, 0.717) is 19.7 Å². The van der Waals surface area contributed by atoms with E-state index in [0.717, 1.165) is 49.2 Å². The molecule has 2 aromatic rings. The summed E-state index contributed by atoms with van der Waals surface area (Å²) in [5, 5.41) is 1.17. The molecule has 1 N–H and O–H groups in total. The minimum Gasteiger partial charge on any atom is -0.450 e. The summed E-state index contributed by atoms with van der Waals surface area (Å²) in [5.74, 6) is 1.94. The second kappa shape index (κ2) is 9.05. The summed E-state index contributed by atoms with van der Waals surface area (Å²) in [7, 11) is 0. The summed E-state index contributed by atoms with van der Waals surface area (Å²) in [5.41, 5.74) is 1.27. The number of rotatable bonds is 6. The first kappa shape index (κ1) is 20.8. The lowest BCUT2D eigenvalue weighted by atomic mass is 10.2. The molecule has 2 aromatic heterocycles. The van der Waals surface area contributed by atoms with Crippen LogP contribution in [0.4, 0.5) is 10.6 Å². The lowest BCUT2D eigenvalue weighted by Crippen LogP contribution is -3.10. The number of hydrogen-bond acceptors (Lipinski definition) is 6. The number of hydrogen-bond donors (Lipinski definition) is 1. The molecule has 28 heavy (non-hydrogen) atoms. The number of fused-ring (bicyclic) bond motifs is 1. The molecule has 1 aliphatic rings. The molecule has 3 heterocycles. The fraction of sp³-hybridized carbons (Fsp3) is 0.650. The van der Waals surface area contributed by atoms with Crippen molar-refractivity contribution in [2.75, 3.05) is 50.8 Å². The van der Waals surface area contributed by atoms with E-state index in [-0.39, 0.29) is 6.09 Å². The maximum atomic E-state index is 12.0. The van der Waals surface area contributed by atoms with Crippen LogP contribution in [0.15, 0.2) is 0 Å². The van der Waals surface area contributed by atoms with Gasteiger partial charge < -0.3 is 19.4 Å². The number of carbonyl (C=O) groups excluding carboxylic acids is 1. The van der Waals surface area contributed by atoms with Gasteiger partial charge in [-0.1, -0.05) is 0 Å². The van der Waals surface area contributed by atoms with Crippen molar-refractivity contribution in [1.82, 2.24) is 14.9 Å². The second-order valence-corrected chi connectivity index (χ2v) is 8.44. The molecule has 0 aliphatic carbocycles. The molecular weight excluding hydrogens is 374 g/mol. The van der Waals surface area contributed by atoms with Crippen LogP contribution in [0.5, 0.6) is 0 Å². The monoisotopic (exact) mass is 406 g/mol. The Bertz CT molecular complexity index is 826. The molecular formula is C20H32N5O2S+. The predicted octanol–water partition coefficient (Wildman–Crippen LogP) is 2.01. The average molecular weight is 407 g/mol. The van der Waals surface area contributed by atoms with Gasteiger partial charge in [-0.05, 0) is 40.2 Å². The Hall–Kier alpha value is -1.93. The van der Waals surface area contributed by atoms with Gasteiger partial charge in [-0.3, -0.25) is 0 Å². The number of aromatic nitrogens is 2. The van der Waals surface area contributed by atoms with Gasteiger partial charge in [-0.15, -0.1) is 11.3 Å². The van der Waals surface area contributed by atoms with Crippen LogP contribution in [-0.2, 0) is 11.3 Å². The van der Waals surface area contributed by atoms with E-state index in [9.17, 15) is 4.79 Å². The molecule has 0 spiro atoms. The summed E-state index contributed by atoms with van der Waals surface area (Å²) in [4.78, 5) is 29.8. The first-order valence-corrected chi connectivity index (χ1v) is 11.1. The van der Waals surface area contributed by atoms with Gasteiger partial charge in [0.05, 0.1) is 25.1 Å². The van der Waals surface area contributed by atoms with Crippen LogP contribution < -0.4 is 9.80 Å². The van der Waals surface area contributed by atoms with Crippen LogP contribution in [0.3, 0.4) is 0 Å². The summed E-state index contributed by atoms with van der Waals surface area (Å²) in [6, 6.07) is 0. The van der Waals surface area contributed by atoms with E-state index in [1.54, 1.807) is 16.2 Å². The van der Waals surface area contributed by atoms with Crippen molar-refractivity contribution >= 4 is 33.5 Å². The molecule has 154 valence electrons. The van der Waals surface area contributed by atoms with Gasteiger partial charge >= 0.3 is 6.09 Å². The zero-order chi connectivity index (χ0) is 20.3. The van der Waals surface area contributed by atoms with Gasteiger partial charge in [0.15, 0.2) is 5.82 Å². The molecule has 1 aliphatic heterocycles. The highest BCUT2D eigenvalue weighted by molar-refractivity contribution is 7.18. The van der Waals surface area contributed by atoms with Gasteiger partial charge in [0.2, 0.25) is 0 Å². The van der Waals surface area contributed by atoms with Crippen molar-refractivity contribution in [1.29, 1.82) is 0 Å². The zero-order valence-corrected chi connectivity index (χ0v) is 18.5. The molecule has 0 saturated carbocycles. The van der Waals surface area contributed by atoms with E-state index in [1.807, 2.05) is 6.92 Å². The highest BCUT2D eigenvalue weighted by atomic mass is 32.1. The van der Waals surface area contributed by atoms with Crippen molar-refractivity contribution in [3.63, 3.8) is 0 Å². The third-order valence-electron chi connectivity index (χ3n) is 5.57. The smallest absolute Gasteiger partial charge is 0.409 e. The number of nitrogens with one attached hydrogen (secondary N) is 1. The van der Waals surface area contributed by atoms with E-state index in [1.165, 1.54) is 20.7 Å². The number of aryl methyl sites for hydroxylation is 2. The van der Waals surface area contributed by atoms with Crippen molar-refractivity contribution in [3.8, 4) is 0 Å². The van der Waals surface area contributed by atoms with Crippen LogP contribution in [0.1, 0.15) is 37.0 Å². The third kappa shape index (κ3) is 4.22. The highest BCUT2D eigenvalue weighted by Crippen LogP contribution is 2.35. The number of ether oxygens (including phenoxy) is 1. The van der Waals surface area contributed by atoms with Crippen molar-refractivity contribution in [2.45, 2.75) is 41.2 Å². The SMILES string of the molecule is CCOC(=O)N1CCN(c2nc(C[NH+](CC)CC)nc3sc(C)c(C)c23)CC1.